The molecule has 1 saturated carbocycles. The van der Waals surface area contributed by atoms with E-state index < -0.39 is 10.0 Å². The van der Waals surface area contributed by atoms with Crippen LogP contribution in [-0.2, 0) is 21.4 Å². The van der Waals surface area contributed by atoms with E-state index in [9.17, 15) is 13.5 Å². The van der Waals surface area contributed by atoms with E-state index in [1.807, 2.05) is 24.4 Å². The van der Waals surface area contributed by atoms with Gasteiger partial charge in [-0.05, 0) is 49.6 Å². The highest BCUT2D eigenvalue weighted by Crippen LogP contribution is 2.36. The molecule has 3 aromatic heterocycles. The zero-order chi connectivity index (χ0) is 22.7. The predicted molar refractivity (Wildman–Crippen MR) is 126 cm³/mol. The molecule has 1 aliphatic heterocycles. The molecule has 2 aliphatic rings. The van der Waals surface area contributed by atoms with Gasteiger partial charge in [-0.15, -0.1) is 0 Å². The van der Waals surface area contributed by atoms with Crippen molar-refractivity contribution in [2.45, 2.75) is 37.7 Å². The van der Waals surface area contributed by atoms with Gasteiger partial charge in [0.2, 0.25) is 10.0 Å². The summed E-state index contributed by atoms with van der Waals surface area (Å²) in [6.07, 6.45) is 4.78. The Bertz CT molecular complexity index is 1470. The van der Waals surface area contributed by atoms with Gasteiger partial charge in [0.05, 0.1) is 36.5 Å². The second-order valence-electron chi connectivity index (χ2n) is 8.82. The lowest BCUT2D eigenvalue weighted by molar-refractivity contribution is 0.0987. The minimum Gasteiger partial charge on any atom is -0.392 e. The number of rotatable bonds is 5. The van der Waals surface area contributed by atoms with Crippen LogP contribution in [0.15, 0.2) is 36.7 Å². The van der Waals surface area contributed by atoms with Crippen molar-refractivity contribution in [3.63, 3.8) is 0 Å². The van der Waals surface area contributed by atoms with Crippen molar-refractivity contribution in [1.82, 2.24) is 18.9 Å². The second kappa shape index (κ2) is 7.54. The summed E-state index contributed by atoms with van der Waals surface area (Å²) in [5, 5.41) is 11.1. The molecule has 172 valence electrons. The molecule has 1 atom stereocenters. The lowest BCUT2D eigenvalue weighted by Gasteiger charge is -2.34. The van der Waals surface area contributed by atoms with Gasteiger partial charge in [0, 0.05) is 35.4 Å². The molecule has 0 radical (unpaired) electrons. The van der Waals surface area contributed by atoms with Crippen LogP contribution in [0.5, 0.6) is 0 Å². The minimum atomic E-state index is -3.52. The van der Waals surface area contributed by atoms with Gasteiger partial charge in [0.25, 0.3) is 0 Å². The van der Waals surface area contributed by atoms with E-state index in [-0.39, 0.29) is 17.9 Å². The Morgan fingerprint density at radius 2 is 2.06 bits per heavy atom. The molecule has 9 nitrogen and oxygen atoms in total. The number of nitrogens with one attached hydrogen (secondary N) is 1. The topological polar surface area (TPSA) is 113 Å². The zero-order valence-electron chi connectivity index (χ0n) is 18.2. The molecule has 0 unspecified atom stereocenters. The number of H-pyrrole nitrogens is 1. The highest BCUT2D eigenvalue weighted by atomic mass is 32.2. The Hall–Kier alpha value is -2.95. The number of benzene rings is 1. The fraction of sp³-hybridized carbons (Fsp3) is 0.391. The number of hydrogen-bond donors (Lipinski definition) is 2. The first-order valence-corrected chi connectivity index (χ1v) is 12.7. The molecular weight excluding hydrogens is 442 g/mol. The molecule has 2 N–H and O–H groups in total. The maximum absolute atomic E-state index is 13.2. The van der Waals surface area contributed by atoms with Crippen molar-refractivity contribution in [1.29, 1.82) is 0 Å². The summed E-state index contributed by atoms with van der Waals surface area (Å²) in [7, 11) is -3.52. The number of fused-ring (bicyclic) bond motifs is 2. The molecular formula is C23H25N5O4S. The van der Waals surface area contributed by atoms with Crippen LogP contribution in [-0.4, -0.2) is 63.5 Å². The van der Waals surface area contributed by atoms with E-state index in [1.165, 1.54) is 3.97 Å². The van der Waals surface area contributed by atoms with Gasteiger partial charge in [0.15, 0.2) is 11.5 Å². The van der Waals surface area contributed by atoms with E-state index in [1.54, 1.807) is 12.3 Å². The second-order valence-corrected chi connectivity index (χ2v) is 10.9. The number of ether oxygens (including phenoxy) is 1. The van der Waals surface area contributed by atoms with Crippen molar-refractivity contribution in [3.8, 4) is 11.4 Å². The molecule has 0 spiro atoms. The number of hydrogen-bond acceptors (Lipinski definition) is 7. The van der Waals surface area contributed by atoms with Gasteiger partial charge in [-0.3, -0.25) is 0 Å². The summed E-state index contributed by atoms with van der Waals surface area (Å²) in [5.41, 5.74) is 2.73. The van der Waals surface area contributed by atoms with Crippen molar-refractivity contribution >= 4 is 37.8 Å². The summed E-state index contributed by atoms with van der Waals surface area (Å²) in [4.78, 5) is 15.1. The molecule has 0 amide bonds. The molecule has 0 bridgehead atoms. The minimum absolute atomic E-state index is 0.0872. The third kappa shape index (κ3) is 3.32. The van der Waals surface area contributed by atoms with E-state index in [4.69, 9.17) is 14.7 Å². The Morgan fingerprint density at radius 1 is 1.21 bits per heavy atom. The number of anilines is 1. The number of morpholine rings is 1. The van der Waals surface area contributed by atoms with Crippen LogP contribution in [0.4, 0.5) is 5.82 Å². The SMILES string of the molecule is C[C@@H]1COCCN1c1nc(-c2cc(CO)cc3[nH]ccc23)nc2c1ccn2S(=O)(=O)C1CC1. The Kier molecular flexibility index (Phi) is 4.72. The molecule has 10 heteroatoms. The third-order valence-corrected chi connectivity index (χ3v) is 8.66. The van der Waals surface area contributed by atoms with Crippen LogP contribution in [0.3, 0.4) is 0 Å². The van der Waals surface area contributed by atoms with Gasteiger partial charge in [-0.25, -0.2) is 22.4 Å². The standard InChI is InChI=1S/C23H25N5O4S/c1-14-13-32-9-8-27(14)22-18-5-7-28(33(30,31)16-2-3-16)23(18)26-21(25-22)19-10-15(12-29)11-20-17(19)4-6-24-20/h4-7,10-11,14,16,24,29H,2-3,8-9,12-13H2,1H3/t14-/m1/s1. The average Bonchev–Trinajstić information content (AvgIpc) is 3.43. The number of aromatic nitrogens is 4. The summed E-state index contributed by atoms with van der Waals surface area (Å²) >= 11 is 0. The molecule has 33 heavy (non-hydrogen) atoms. The molecule has 4 heterocycles. The maximum atomic E-state index is 13.2. The van der Waals surface area contributed by atoms with Crippen molar-refractivity contribution in [2.75, 3.05) is 24.7 Å². The molecule has 1 saturated heterocycles. The van der Waals surface area contributed by atoms with Crippen LogP contribution >= 0.6 is 0 Å². The summed E-state index contributed by atoms with van der Waals surface area (Å²) in [5.74, 6) is 1.13. The summed E-state index contributed by atoms with van der Waals surface area (Å²) in [6.45, 7) is 3.76. The first kappa shape index (κ1) is 20.6. The van der Waals surface area contributed by atoms with E-state index >= 15 is 0 Å². The van der Waals surface area contributed by atoms with Crippen LogP contribution in [0.25, 0.3) is 33.3 Å². The number of aromatic amines is 1. The van der Waals surface area contributed by atoms with E-state index in [0.29, 0.717) is 55.3 Å². The Morgan fingerprint density at radius 3 is 2.82 bits per heavy atom. The fourth-order valence-electron chi connectivity index (χ4n) is 4.59. The Labute approximate surface area is 191 Å². The summed E-state index contributed by atoms with van der Waals surface area (Å²) < 4.78 is 33.3. The smallest absolute Gasteiger partial charge is 0.243 e. The quantitative estimate of drug-likeness (QED) is 0.464. The first-order chi connectivity index (χ1) is 16.0. The van der Waals surface area contributed by atoms with Crippen LogP contribution in [0.1, 0.15) is 25.3 Å². The largest absolute Gasteiger partial charge is 0.392 e. The highest BCUT2D eigenvalue weighted by molar-refractivity contribution is 7.91. The first-order valence-electron chi connectivity index (χ1n) is 11.2. The van der Waals surface area contributed by atoms with Crippen molar-refractivity contribution < 1.29 is 18.3 Å². The number of aliphatic hydroxyl groups is 1. The van der Waals surface area contributed by atoms with Crippen LogP contribution in [0, 0.1) is 0 Å². The molecule has 1 aliphatic carbocycles. The molecule has 6 rings (SSSR count). The van der Waals surface area contributed by atoms with Crippen molar-refractivity contribution in [3.05, 3.63) is 42.2 Å². The average molecular weight is 468 g/mol. The Balaban J connectivity index is 1.64. The molecule has 4 aromatic rings. The van der Waals surface area contributed by atoms with E-state index in [2.05, 4.69) is 16.8 Å². The molecule has 1 aromatic carbocycles. The van der Waals surface area contributed by atoms with Gasteiger partial charge in [0.1, 0.15) is 5.82 Å². The van der Waals surface area contributed by atoms with Crippen LogP contribution in [0.2, 0.25) is 0 Å². The monoisotopic (exact) mass is 467 g/mol. The number of nitrogens with zero attached hydrogens (tertiary/aromatic N) is 4. The fourth-order valence-corrected chi connectivity index (χ4v) is 6.26. The van der Waals surface area contributed by atoms with E-state index in [0.717, 1.165) is 22.0 Å². The number of aliphatic hydroxyl groups excluding tert-OH is 1. The van der Waals surface area contributed by atoms with Crippen molar-refractivity contribution in [2.24, 2.45) is 0 Å². The van der Waals surface area contributed by atoms with Crippen LogP contribution < -0.4 is 4.90 Å². The lowest BCUT2D eigenvalue weighted by atomic mass is 10.1. The highest BCUT2D eigenvalue weighted by Gasteiger charge is 2.38. The lowest BCUT2D eigenvalue weighted by Crippen LogP contribution is -2.44. The molecule has 2 fully saturated rings. The predicted octanol–water partition coefficient (Wildman–Crippen LogP) is 2.64. The van der Waals surface area contributed by atoms with Gasteiger partial charge < -0.3 is 19.7 Å². The normalized spacial score (nSPS) is 19.6. The zero-order valence-corrected chi connectivity index (χ0v) is 19.0. The van der Waals surface area contributed by atoms with Gasteiger partial charge in [-0.1, -0.05) is 0 Å². The van der Waals surface area contributed by atoms with Gasteiger partial charge >= 0.3 is 0 Å². The maximum Gasteiger partial charge on any atom is 0.243 e. The summed E-state index contributed by atoms with van der Waals surface area (Å²) in [6, 6.07) is 7.59. The van der Waals surface area contributed by atoms with Gasteiger partial charge in [-0.2, -0.15) is 0 Å². The third-order valence-electron chi connectivity index (χ3n) is 6.50.